The zero-order valence-electron chi connectivity index (χ0n) is 13.9. The van der Waals surface area contributed by atoms with Crippen molar-refractivity contribution in [1.82, 2.24) is 5.32 Å². The minimum absolute atomic E-state index is 0.0446. The van der Waals surface area contributed by atoms with Crippen LogP contribution in [0.25, 0.3) is 10.4 Å². The van der Waals surface area contributed by atoms with Crippen molar-refractivity contribution >= 4 is 12.1 Å². The third-order valence-electron chi connectivity index (χ3n) is 3.41. The van der Waals surface area contributed by atoms with Gasteiger partial charge in [-0.25, -0.2) is 4.79 Å². The average molecular weight is 328 g/mol. The summed E-state index contributed by atoms with van der Waals surface area (Å²) in [6, 6.07) is -1.35. The Balaban J connectivity index is 2.87. The lowest BCUT2D eigenvalue weighted by Crippen LogP contribution is -2.53. The van der Waals surface area contributed by atoms with Crippen LogP contribution < -0.4 is 5.32 Å². The van der Waals surface area contributed by atoms with Gasteiger partial charge in [-0.15, -0.1) is 0 Å². The summed E-state index contributed by atoms with van der Waals surface area (Å²) >= 11 is 0. The SMILES string of the molecule is CCOC(=O)[C@@H]1C[C@H](O)[C@@H](N=[N+]=[N-])C[C@@H]1NC(=O)OC(C)(C)C. The lowest BCUT2D eigenvalue weighted by molar-refractivity contribution is -0.151. The summed E-state index contributed by atoms with van der Waals surface area (Å²) in [5, 5.41) is 16.1. The molecule has 0 bridgehead atoms. The quantitative estimate of drug-likeness (QED) is 0.352. The highest BCUT2D eigenvalue weighted by atomic mass is 16.6. The zero-order chi connectivity index (χ0) is 17.6. The van der Waals surface area contributed by atoms with Crippen molar-refractivity contribution in [3.05, 3.63) is 10.4 Å². The fourth-order valence-corrected chi connectivity index (χ4v) is 2.48. The molecule has 1 saturated carbocycles. The van der Waals surface area contributed by atoms with Crippen molar-refractivity contribution in [2.45, 2.75) is 64.3 Å². The predicted octanol–water partition coefficient (Wildman–Crippen LogP) is 1.89. The highest BCUT2D eigenvalue weighted by Crippen LogP contribution is 2.29. The number of carbonyl (C=O) groups is 2. The van der Waals surface area contributed by atoms with Crippen LogP contribution in [0.2, 0.25) is 0 Å². The van der Waals surface area contributed by atoms with Gasteiger partial charge in [0.1, 0.15) is 5.60 Å². The molecule has 0 radical (unpaired) electrons. The lowest BCUT2D eigenvalue weighted by atomic mass is 9.80. The molecule has 1 amide bonds. The number of alkyl carbamates (subject to hydrolysis) is 1. The van der Waals surface area contributed by atoms with Gasteiger partial charge in [0.25, 0.3) is 0 Å². The number of aliphatic hydroxyl groups is 1. The van der Waals surface area contributed by atoms with E-state index in [0.717, 1.165) is 0 Å². The van der Waals surface area contributed by atoms with Crippen molar-refractivity contribution in [3.63, 3.8) is 0 Å². The van der Waals surface area contributed by atoms with Crippen molar-refractivity contribution in [3.8, 4) is 0 Å². The highest BCUT2D eigenvalue weighted by Gasteiger charge is 2.41. The first-order valence-electron chi connectivity index (χ1n) is 7.56. The normalized spacial score (nSPS) is 27.5. The second-order valence-electron chi connectivity index (χ2n) is 6.42. The third-order valence-corrected chi connectivity index (χ3v) is 3.41. The number of amides is 1. The first kappa shape index (κ1) is 19.1. The van der Waals surface area contributed by atoms with E-state index in [1.54, 1.807) is 27.7 Å². The molecule has 0 aromatic carbocycles. The first-order valence-corrected chi connectivity index (χ1v) is 7.56. The third kappa shape index (κ3) is 5.96. The van der Waals surface area contributed by atoms with Gasteiger partial charge in [0.05, 0.1) is 24.7 Å². The van der Waals surface area contributed by atoms with Gasteiger partial charge in [0, 0.05) is 11.0 Å². The minimum Gasteiger partial charge on any atom is -0.466 e. The van der Waals surface area contributed by atoms with Gasteiger partial charge in [-0.2, -0.15) is 0 Å². The summed E-state index contributed by atoms with van der Waals surface area (Å²) in [4.78, 5) is 26.7. The summed E-state index contributed by atoms with van der Waals surface area (Å²) in [6.45, 7) is 7.05. The number of ether oxygens (including phenoxy) is 2. The van der Waals surface area contributed by atoms with E-state index < -0.39 is 41.8 Å². The number of carbonyl (C=O) groups excluding carboxylic acids is 2. The number of hydrogen-bond donors (Lipinski definition) is 2. The van der Waals surface area contributed by atoms with E-state index in [1.165, 1.54) is 0 Å². The molecule has 1 rings (SSSR count). The Morgan fingerprint density at radius 1 is 1.39 bits per heavy atom. The molecule has 0 heterocycles. The molecular weight excluding hydrogens is 304 g/mol. The maximum absolute atomic E-state index is 12.1. The fourth-order valence-electron chi connectivity index (χ4n) is 2.48. The van der Waals surface area contributed by atoms with Crippen LogP contribution in [0.4, 0.5) is 4.79 Å². The molecule has 4 atom stereocenters. The van der Waals surface area contributed by atoms with Crippen LogP contribution in [0, 0.1) is 5.92 Å². The molecule has 9 nitrogen and oxygen atoms in total. The summed E-state index contributed by atoms with van der Waals surface area (Å²) in [5.41, 5.74) is 7.88. The number of aliphatic hydroxyl groups excluding tert-OH is 1. The molecule has 0 spiro atoms. The maximum Gasteiger partial charge on any atom is 0.407 e. The summed E-state index contributed by atoms with van der Waals surface area (Å²) in [5.74, 6) is -1.23. The van der Waals surface area contributed by atoms with Gasteiger partial charge in [-0.3, -0.25) is 4.79 Å². The first-order chi connectivity index (χ1) is 10.7. The van der Waals surface area contributed by atoms with Crippen LogP contribution in [0.1, 0.15) is 40.5 Å². The van der Waals surface area contributed by atoms with Crippen LogP contribution in [0.3, 0.4) is 0 Å². The highest BCUT2D eigenvalue weighted by molar-refractivity contribution is 5.75. The van der Waals surface area contributed by atoms with Crippen LogP contribution in [0.15, 0.2) is 5.11 Å². The van der Waals surface area contributed by atoms with Crippen LogP contribution in [-0.4, -0.2) is 47.6 Å². The number of esters is 1. The van der Waals surface area contributed by atoms with E-state index in [2.05, 4.69) is 15.3 Å². The Hall–Kier alpha value is -1.99. The number of nitrogens with zero attached hydrogens (tertiary/aromatic N) is 3. The smallest absolute Gasteiger partial charge is 0.407 e. The molecule has 1 fully saturated rings. The molecule has 0 saturated heterocycles. The van der Waals surface area contributed by atoms with Crippen LogP contribution in [-0.2, 0) is 14.3 Å². The molecule has 1 aliphatic rings. The molecule has 2 N–H and O–H groups in total. The Morgan fingerprint density at radius 2 is 2.04 bits per heavy atom. The number of nitrogens with one attached hydrogen (secondary N) is 1. The molecule has 0 aromatic rings. The van der Waals surface area contributed by atoms with Crippen LogP contribution >= 0.6 is 0 Å². The van der Waals surface area contributed by atoms with Gasteiger partial charge < -0.3 is 19.9 Å². The van der Waals surface area contributed by atoms with Crippen LogP contribution in [0.5, 0.6) is 0 Å². The minimum atomic E-state index is -0.961. The Morgan fingerprint density at radius 3 is 2.57 bits per heavy atom. The molecular formula is C14H24N4O5. The topological polar surface area (TPSA) is 134 Å². The number of hydrogen-bond acceptors (Lipinski definition) is 6. The molecule has 9 heteroatoms. The molecule has 130 valence electrons. The van der Waals surface area contributed by atoms with Crippen molar-refractivity contribution < 1.29 is 24.2 Å². The van der Waals surface area contributed by atoms with Gasteiger partial charge in [-0.05, 0) is 46.1 Å². The number of rotatable bonds is 4. The summed E-state index contributed by atoms with van der Waals surface area (Å²) in [7, 11) is 0. The average Bonchev–Trinajstić information content (AvgIpc) is 2.40. The van der Waals surface area contributed by atoms with E-state index >= 15 is 0 Å². The van der Waals surface area contributed by atoms with E-state index in [0.29, 0.717) is 0 Å². The zero-order valence-corrected chi connectivity index (χ0v) is 13.9. The monoisotopic (exact) mass is 328 g/mol. The molecule has 1 aliphatic carbocycles. The molecule has 0 aromatic heterocycles. The van der Waals surface area contributed by atoms with E-state index in [9.17, 15) is 14.7 Å². The maximum atomic E-state index is 12.1. The van der Waals surface area contributed by atoms with Crippen molar-refractivity contribution in [2.75, 3.05) is 6.61 Å². The van der Waals surface area contributed by atoms with E-state index in [-0.39, 0.29) is 19.4 Å². The van der Waals surface area contributed by atoms with Crippen molar-refractivity contribution in [1.29, 1.82) is 0 Å². The predicted molar refractivity (Wildman–Crippen MR) is 81.5 cm³/mol. The standard InChI is InChI=1S/C14H24N4O5/c1-5-22-12(20)8-6-11(19)10(17-18-15)7-9(8)16-13(21)23-14(2,3)4/h8-11,19H,5-7H2,1-4H3,(H,16,21)/t8-,9+,10+,11+/m1/s1. The fraction of sp³-hybridized carbons (Fsp3) is 0.857. The Kier molecular flexibility index (Phi) is 6.65. The van der Waals surface area contributed by atoms with Gasteiger partial charge in [0.15, 0.2) is 0 Å². The lowest BCUT2D eigenvalue weighted by Gasteiger charge is -2.36. The largest absolute Gasteiger partial charge is 0.466 e. The Bertz CT molecular complexity index is 484. The second-order valence-corrected chi connectivity index (χ2v) is 6.42. The second kappa shape index (κ2) is 8.03. The van der Waals surface area contributed by atoms with Gasteiger partial charge >= 0.3 is 12.1 Å². The van der Waals surface area contributed by atoms with Gasteiger partial charge in [-0.1, -0.05) is 5.11 Å². The van der Waals surface area contributed by atoms with E-state index in [4.69, 9.17) is 15.0 Å². The molecule has 0 unspecified atom stereocenters. The van der Waals surface area contributed by atoms with Gasteiger partial charge in [0.2, 0.25) is 0 Å². The van der Waals surface area contributed by atoms with Crippen molar-refractivity contribution in [2.24, 2.45) is 11.0 Å². The number of azide groups is 1. The van der Waals surface area contributed by atoms with E-state index in [1.807, 2.05) is 0 Å². The summed E-state index contributed by atoms with van der Waals surface area (Å²) in [6.07, 6.45) is -1.46. The Labute approximate surface area is 135 Å². The molecule has 0 aliphatic heterocycles. The molecule has 23 heavy (non-hydrogen) atoms. The summed E-state index contributed by atoms with van der Waals surface area (Å²) < 4.78 is 10.2.